The number of carbonyl (C=O) groups excluding carboxylic acids is 3. The van der Waals surface area contributed by atoms with Gasteiger partial charge in [-0.2, -0.15) is 0 Å². The number of ether oxygens (including phenoxy) is 4. The Morgan fingerprint density at radius 1 is 0.970 bits per heavy atom. The molecule has 3 saturated heterocycles. The second-order valence-electron chi connectivity index (χ2n) is 11.3. The number of rotatable bonds is 0. The zero-order valence-electron chi connectivity index (χ0n) is 19.4. The molecule has 2 saturated carbocycles. The van der Waals surface area contributed by atoms with Crippen LogP contribution in [-0.4, -0.2) is 57.6 Å². The van der Waals surface area contributed by atoms with Crippen LogP contribution in [0.4, 0.5) is 0 Å². The summed E-state index contributed by atoms with van der Waals surface area (Å²) in [5, 5.41) is 12.0. The average molecular weight is 456 g/mol. The smallest absolute Gasteiger partial charge is 0.344 e. The molecule has 6 aliphatic rings. The molecule has 176 valence electrons. The number of aliphatic hydroxyl groups excluding tert-OH is 1. The zero-order chi connectivity index (χ0) is 24.2. The summed E-state index contributed by atoms with van der Waals surface area (Å²) < 4.78 is 24.0. The Labute approximate surface area is 191 Å². The summed E-state index contributed by atoms with van der Waals surface area (Å²) in [6.45, 7) is 17.3. The Kier molecular flexibility index (Phi) is 3.28. The monoisotopic (exact) mass is 456 g/mol. The molecule has 0 unspecified atom stereocenters. The van der Waals surface area contributed by atoms with Crippen LogP contribution in [0, 0.1) is 16.2 Å². The number of aliphatic hydroxyl groups is 1. The van der Waals surface area contributed by atoms with Crippen LogP contribution < -0.4 is 0 Å². The third-order valence-electron chi connectivity index (χ3n) is 10.2. The Morgan fingerprint density at radius 3 is 2.27 bits per heavy atom. The van der Waals surface area contributed by atoms with Crippen LogP contribution in [0.15, 0.2) is 36.5 Å². The van der Waals surface area contributed by atoms with E-state index in [1.807, 2.05) is 6.92 Å². The van der Waals surface area contributed by atoms with Crippen molar-refractivity contribution in [3.8, 4) is 0 Å². The highest BCUT2D eigenvalue weighted by molar-refractivity contribution is 6.02. The molecule has 0 aromatic rings. The van der Waals surface area contributed by atoms with Gasteiger partial charge in [0.05, 0.1) is 5.41 Å². The van der Waals surface area contributed by atoms with E-state index < -0.39 is 68.8 Å². The Bertz CT molecular complexity index is 1150. The van der Waals surface area contributed by atoms with Gasteiger partial charge in [0.25, 0.3) is 0 Å². The van der Waals surface area contributed by atoms with E-state index in [0.29, 0.717) is 24.0 Å². The summed E-state index contributed by atoms with van der Waals surface area (Å²) in [7, 11) is 0. The van der Waals surface area contributed by atoms with Crippen molar-refractivity contribution in [1.82, 2.24) is 0 Å². The summed E-state index contributed by atoms with van der Waals surface area (Å²) in [6, 6.07) is 0. The Hall–Kier alpha value is -2.45. The molecule has 1 N–H and O–H groups in total. The number of carbonyl (C=O) groups is 3. The molecule has 4 heterocycles. The molecular formula is C25H28O8. The van der Waals surface area contributed by atoms with Crippen LogP contribution in [0.2, 0.25) is 0 Å². The van der Waals surface area contributed by atoms with Crippen molar-refractivity contribution in [2.45, 2.75) is 82.1 Å². The Morgan fingerprint density at radius 2 is 1.64 bits per heavy atom. The molecular weight excluding hydrogens is 428 g/mol. The first-order valence-corrected chi connectivity index (χ1v) is 11.3. The highest BCUT2D eigenvalue weighted by atomic mass is 16.7. The molecule has 8 atom stereocenters. The molecule has 3 bridgehead atoms. The fourth-order valence-electron chi connectivity index (χ4n) is 8.44. The van der Waals surface area contributed by atoms with Crippen molar-refractivity contribution in [3.63, 3.8) is 0 Å². The fraction of sp³-hybridized carbons (Fsp3) is 0.640. The summed E-state index contributed by atoms with van der Waals surface area (Å²) in [5.74, 6) is -1.80. The van der Waals surface area contributed by atoms with E-state index in [9.17, 15) is 19.5 Å². The predicted molar refractivity (Wildman–Crippen MR) is 112 cm³/mol. The van der Waals surface area contributed by atoms with Crippen molar-refractivity contribution in [1.29, 1.82) is 0 Å². The van der Waals surface area contributed by atoms with Gasteiger partial charge >= 0.3 is 17.9 Å². The Balaban J connectivity index is 1.72. The van der Waals surface area contributed by atoms with Gasteiger partial charge in [-0.3, -0.25) is 4.79 Å². The normalized spacial score (nSPS) is 55.3. The second kappa shape index (κ2) is 5.13. The van der Waals surface area contributed by atoms with Gasteiger partial charge in [0, 0.05) is 11.5 Å². The van der Waals surface area contributed by atoms with Crippen molar-refractivity contribution in [3.05, 3.63) is 36.5 Å². The molecule has 2 spiro atoms. The quantitative estimate of drug-likeness (QED) is 0.335. The minimum absolute atomic E-state index is 0.292. The van der Waals surface area contributed by atoms with Gasteiger partial charge in [-0.15, -0.1) is 0 Å². The standard InChI is InChI=1S/C25H28O8/c1-12-21(7)16(27)24-13(2)22(9-8-15(26)31-19(22,4)5)11-10-20(24,6)23(12)17(28)30-14(3)25(23,33-24)18(29)32-21/h8-9,14,16,27H,1-2,10-11H2,3-7H3/t14-,16-,20-,21+,22+,23+,24+,25-/m1/s1. The van der Waals surface area contributed by atoms with Gasteiger partial charge < -0.3 is 24.1 Å². The number of esters is 3. The minimum atomic E-state index is -1.80. The number of hydrogen-bond donors (Lipinski definition) is 1. The first kappa shape index (κ1) is 21.1. The molecule has 4 aliphatic heterocycles. The van der Waals surface area contributed by atoms with E-state index in [2.05, 4.69) is 13.2 Å². The lowest BCUT2D eigenvalue weighted by Gasteiger charge is -2.67. The van der Waals surface area contributed by atoms with Gasteiger partial charge in [-0.25, -0.2) is 9.59 Å². The highest BCUT2D eigenvalue weighted by Crippen LogP contribution is 2.84. The molecule has 33 heavy (non-hydrogen) atoms. The molecule has 0 amide bonds. The van der Waals surface area contributed by atoms with E-state index >= 15 is 0 Å². The van der Waals surface area contributed by atoms with Crippen LogP contribution >= 0.6 is 0 Å². The lowest BCUT2D eigenvalue weighted by atomic mass is 9.35. The predicted octanol–water partition coefficient (Wildman–Crippen LogP) is 1.91. The minimum Gasteiger partial charge on any atom is -0.458 e. The maximum atomic E-state index is 13.7. The zero-order valence-corrected chi connectivity index (χ0v) is 19.4. The van der Waals surface area contributed by atoms with E-state index in [0.717, 1.165) is 0 Å². The molecule has 8 heteroatoms. The summed E-state index contributed by atoms with van der Waals surface area (Å²) in [5.41, 5.74) is -8.79. The molecule has 0 aromatic carbocycles. The van der Waals surface area contributed by atoms with E-state index in [-0.39, 0.29) is 0 Å². The summed E-state index contributed by atoms with van der Waals surface area (Å²) >= 11 is 0. The van der Waals surface area contributed by atoms with Crippen LogP contribution in [0.5, 0.6) is 0 Å². The third-order valence-corrected chi connectivity index (χ3v) is 10.2. The fourth-order valence-corrected chi connectivity index (χ4v) is 8.44. The highest BCUT2D eigenvalue weighted by Gasteiger charge is 2.98. The van der Waals surface area contributed by atoms with Crippen molar-refractivity contribution < 1.29 is 38.4 Å². The molecule has 2 aliphatic carbocycles. The van der Waals surface area contributed by atoms with Crippen LogP contribution in [0.1, 0.15) is 47.5 Å². The second-order valence-corrected chi connectivity index (χ2v) is 11.3. The topological polar surface area (TPSA) is 108 Å². The first-order chi connectivity index (χ1) is 15.2. The number of hydrogen-bond acceptors (Lipinski definition) is 8. The summed E-state index contributed by atoms with van der Waals surface area (Å²) in [4.78, 5) is 39.5. The number of cyclic esters (lactones) is 2. The van der Waals surface area contributed by atoms with Crippen LogP contribution in [0.3, 0.4) is 0 Å². The van der Waals surface area contributed by atoms with Gasteiger partial charge in [0.15, 0.2) is 5.60 Å². The molecule has 8 nitrogen and oxygen atoms in total. The first-order valence-electron chi connectivity index (χ1n) is 11.3. The van der Waals surface area contributed by atoms with Gasteiger partial charge in [0.1, 0.15) is 28.8 Å². The van der Waals surface area contributed by atoms with Crippen LogP contribution in [0.25, 0.3) is 0 Å². The van der Waals surface area contributed by atoms with Crippen molar-refractivity contribution in [2.24, 2.45) is 16.2 Å². The average Bonchev–Trinajstić information content (AvgIpc) is 3.04. The maximum absolute atomic E-state index is 13.7. The maximum Gasteiger partial charge on any atom is 0.344 e. The molecule has 0 aromatic heterocycles. The van der Waals surface area contributed by atoms with Gasteiger partial charge in [0.2, 0.25) is 5.60 Å². The van der Waals surface area contributed by atoms with E-state index in [1.165, 1.54) is 6.08 Å². The number of fused-ring (bicyclic) bond motifs is 1. The summed E-state index contributed by atoms with van der Waals surface area (Å²) in [6.07, 6.45) is 1.59. The van der Waals surface area contributed by atoms with Crippen LogP contribution in [-0.2, 0) is 33.3 Å². The SMILES string of the molecule is C=C1[C@@]23C(=O)O[C@H](C)[C@]24O[C@@]2(C(=C)[C@]5(C=CC(=O)OC5(C)C)CC[C@]32C)[C@H](O)[C@@]1(C)OC4=O. The van der Waals surface area contributed by atoms with Gasteiger partial charge in [-0.1, -0.05) is 26.2 Å². The molecule has 6 rings (SSSR count). The third kappa shape index (κ3) is 1.54. The van der Waals surface area contributed by atoms with Gasteiger partial charge in [-0.05, 0) is 51.7 Å². The molecule has 5 fully saturated rings. The van der Waals surface area contributed by atoms with E-state index in [1.54, 1.807) is 33.8 Å². The molecule has 0 radical (unpaired) electrons. The van der Waals surface area contributed by atoms with Crippen molar-refractivity contribution >= 4 is 17.9 Å². The van der Waals surface area contributed by atoms with Crippen molar-refractivity contribution in [2.75, 3.05) is 0 Å². The lowest BCUT2D eigenvalue weighted by Crippen LogP contribution is -2.79. The lowest BCUT2D eigenvalue weighted by molar-refractivity contribution is -0.231. The largest absolute Gasteiger partial charge is 0.458 e. The van der Waals surface area contributed by atoms with E-state index in [4.69, 9.17) is 18.9 Å².